The van der Waals surface area contributed by atoms with E-state index in [-0.39, 0.29) is 11.9 Å². The van der Waals surface area contributed by atoms with E-state index in [1.165, 1.54) is 0 Å². The second kappa shape index (κ2) is 6.70. The van der Waals surface area contributed by atoms with Crippen molar-refractivity contribution in [3.63, 3.8) is 0 Å². The van der Waals surface area contributed by atoms with Crippen molar-refractivity contribution in [2.24, 2.45) is 0 Å². The van der Waals surface area contributed by atoms with Crippen molar-refractivity contribution >= 4 is 5.91 Å². The van der Waals surface area contributed by atoms with Crippen LogP contribution in [0.15, 0.2) is 28.7 Å². The van der Waals surface area contributed by atoms with Crippen LogP contribution < -0.4 is 0 Å². The third-order valence-corrected chi connectivity index (χ3v) is 3.25. The Morgan fingerprint density at radius 1 is 1.23 bits per heavy atom. The fourth-order valence-corrected chi connectivity index (χ4v) is 2.15. The van der Waals surface area contributed by atoms with Gasteiger partial charge >= 0.3 is 0 Å². The van der Waals surface area contributed by atoms with E-state index in [9.17, 15) is 9.90 Å². The molecule has 2 rings (SSSR count). The second-order valence-corrected chi connectivity index (χ2v) is 5.60. The Balaban J connectivity index is 2.19. The van der Waals surface area contributed by atoms with Gasteiger partial charge in [0.05, 0.1) is 6.10 Å². The van der Waals surface area contributed by atoms with Gasteiger partial charge < -0.3 is 14.4 Å². The molecule has 1 aromatic carbocycles. The maximum atomic E-state index is 12.5. The van der Waals surface area contributed by atoms with Gasteiger partial charge in [-0.2, -0.15) is 0 Å². The van der Waals surface area contributed by atoms with E-state index in [0.29, 0.717) is 23.9 Å². The number of carbonyl (C=O) groups is 1. The minimum absolute atomic E-state index is 0.0142. The van der Waals surface area contributed by atoms with E-state index in [1.54, 1.807) is 43.0 Å². The smallest absolute Gasteiger partial charge is 0.254 e. The first-order chi connectivity index (χ1) is 10.4. The van der Waals surface area contributed by atoms with Crippen molar-refractivity contribution < 1.29 is 14.3 Å². The van der Waals surface area contributed by atoms with Gasteiger partial charge in [-0.05, 0) is 45.0 Å². The molecule has 1 N–H and O–H groups in total. The summed E-state index contributed by atoms with van der Waals surface area (Å²) in [6.07, 6.45) is -0.563. The highest BCUT2D eigenvalue weighted by atomic mass is 16.4. The second-order valence-electron chi connectivity index (χ2n) is 5.60. The highest BCUT2D eigenvalue weighted by molar-refractivity contribution is 5.94. The first-order valence-corrected chi connectivity index (χ1v) is 7.28. The predicted octanol–water partition coefficient (Wildman–Crippen LogP) is 2.28. The van der Waals surface area contributed by atoms with Crippen molar-refractivity contribution in [3.05, 3.63) is 35.7 Å². The van der Waals surface area contributed by atoms with Gasteiger partial charge in [-0.25, -0.2) is 0 Å². The van der Waals surface area contributed by atoms with Gasteiger partial charge in [-0.1, -0.05) is 0 Å². The van der Waals surface area contributed by atoms with Crippen LogP contribution in [-0.4, -0.2) is 44.8 Å². The lowest BCUT2D eigenvalue weighted by Crippen LogP contribution is -2.41. The molecule has 0 radical (unpaired) electrons. The van der Waals surface area contributed by atoms with Gasteiger partial charge in [0, 0.05) is 30.6 Å². The first kappa shape index (κ1) is 16.2. The van der Waals surface area contributed by atoms with E-state index in [1.807, 2.05) is 13.8 Å². The number of nitrogens with zero attached hydrogens (tertiary/aromatic N) is 3. The number of rotatable bonds is 5. The van der Waals surface area contributed by atoms with E-state index in [2.05, 4.69) is 10.2 Å². The minimum atomic E-state index is -0.563. The number of hydrogen-bond acceptors (Lipinski definition) is 5. The highest BCUT2D eigenvalue weighted by Crippen LogP contribution is 2.19. The number of carbonyl (C=O) groups excluding carboxylic acids is 1. The lowest BCUT2D eigenvalue weighted by molar-refractivity contribution is 0.0579. The molecule has 0 aliphatic carbocycles. The number of hydrogen-bond donors (Lipinski definition) is 1. The van der Waals surface area contributed by atoms with Crippen LogP contribution in [0.2, 0.25) is 0 Å². The molecule has 1 unspecified atom stereocenters. The molecule has 0 saturated carbocycles. The first-order valence-electron chi connectivity index (χ1n) is 7.28. The molecule has 1 aromatic heterocycles. The molecule has 1 heterocycles. The molecule has 0 bridgehead atoms. The summed E-state index contributed by atoms with van der Waals surface area (Å²) < 4.78 is 5.36. The Morgan fingerprint density at radius 2 is 1.86 bits per heavy atom. The van der Waals surface area contributed by atoms with E-state index >= 15 is 0 Å². The summed E-state index contributed by atoms with van der Waals surface area (Å²) in [6.45, 7) is 7.56. The molecule has 22 heavy (non-hydrogen) atoms. The molecular weight excluding hydrogens is 282 g/mol. The van der Waals surface area contributed by atoms with Crippen molar-refractivity contribution in [1.29, 1.82) is 0 Å². The molecule has 118 valence electrons. The summed E-state index contributed by atoms with van der Waals surface area (Å²) in [5, 5.41) is 17.3. The van der Waals surface area contributed by atoms with Gasteiger partial charge in [0.1, 0.15) is 0 Å². The van der Waals surface area contributed by atoms with Crippen molar-refractivity contribution in [1.82, 2.24) is 15.1 Å². The maximum Gasteiger partial charge on any atom is 0.254 e. The molecule has 0 fully saturated rings. The molecule has 6 heteroatoms. The molecule has 1 amide bonds. The molecule has 0 spiro atoms. The number of amides is 1. The Kier molecular flexibility index (Phi) is 4.92. The Bertz CT molecular complexity index is 632. The topological polar surface area (TPSA) is 79.5 Å². The average Bonchev–Trinajstić information content (AvgIpc) is 2.90. The molecular formula is C16H21N3O3. The zero-order valence-electron chi connectivity index (χ0n) is 13.3. The van der Waals surface area contributed by atoms with Gasteiger partial charge in [0.2, 0.25) is 11.8 Å². The fraction of sp³-hybridized carbons (Fsp3) is 0.438. The van der Waals surface area contributed by atoms with Crippen LogP contribution in [0.25, 0.3) is 11.5 Å². The van der Waals surface area contributed by atoms with Gasteiger partial charge in [0.15, 0.2) is 0 Å². The van der Waals surface area contributed by atoms with Crippen LogP contribution in [-0.2, 0) is 0 Å². The molecule has 6 nitrogen and oxygen atoms in total. The fourth-order valence-electron chi connectivity index (χ4n) is 2.15. The number of aryl methyl sites for hydroxylation is 1. The maximum absolute atomic E-state index is 12.5. The summed E-state index contributed by atoms with van der Waals surface area (Å²) in [7, 11) is 0. The highest BCUT2D eigenvalue weighted by Gasteiger charge is 2.20. The lowest BCUT2D eigenvalue weighted by Gasteiger charge is -2.28. The number of aromatic nitrogens is 2. The van der Waals surface area contributed by atoms with E-state index < -0.39 is 6.10 Å². The molecule has 0 aliphatic heterocycles. The van der Waals surface area contributed by atoms with Crippen molar-refractivity contribution in [2.75, 3.05) is 6.54 Å². The van der Waals surface area contributed by atoms with Gasteiger partial charge in [0.25, 0.3) is 5.91 Å². The summed E-state index contributed by atoms with van der Waals surface area (Å²) in [4.78, 5) is 14.2. The molecule has 1 atom stereocenters. The number of aliphatic hydroxyl groups excluding tert-OH is 1. The van der Waals surface area contributed by atoms with Crippen molar-refractivity contribution in [3.8, 4) is 11.5 Å². The van der Waals surface area contributed by atoms with Crippen LogP contribution in [0.5, 0.6) is 0 Å². The molecule has 2 aromatic rings. The zero-order chi connectivity index (χ0) is 16.3. The third-order valence-electron chi connectivity index (χ3n) is 3.25. The number of aliphatic hydroxyl groups is 1. The van der Waals surface area contributed by atoms with Crippen LogP contribution in [0.1, 0.15) is 37.0 Å². The van der Waals surface area contributed by atoms with Crippen LogP contribution >= 0.6 is 0 Å². The Hall–Kier alpha value is -2.21. The van der Waals surface area contributed by atoms with Crippen LogP contribution in [0, 0.1) is 6.92 Å². The summed E-state index contributed by atoms with van der Waals surface area (Å²) >= 11 is 0. The summed E-state index contributed by atoms with van der Waals surface area (Å²) in [5.74, 6) is 0.823. The lowest BCUT2D eigenvalue weighted by atomic mass is 10.1. The number of benzene rings is 1. The predicted molar refractivity (Wildman–Crippen MR) is 82.3 cm³/mol. The molecule has 0 saturated heterocycles. The van der Waals surface area contributed by atoms with Crippen molar-refractivity contribution in [2.45, 2.75) is 39.8 Å². The average molecular weight is 303 g/mol. The normalized spacial score (nSPS) is 12.5. The summed E-state index contributed by atoms with van der Waals surface area (Å²) in [6, 6.07) is 7.03. The zero-order valence-corrected chi connectivity index (χ0v) is 13.3. The van der Waals surface area contributed by atoms with Crippen LogP contribution in [0.3, 0.4) is 0 Å². The van der Waals surface area contributed by atoms with Crippen LogP contribution in [0.4, 0.5) is 0 Å². The Labute approximate surface area is 129 Å². The van der Waals surface area contributed by atoms with E-state index in [4.69, 9.17) is 4.42 Å². The van der Waals surface area contributed by atoms with Gasteiger partial charge in [-0.3, -0.25) is 4.79 Å². The Morgan fingerprint density at radius 3 is 2.32 bits per heavy atom. The van der Waals surface area contributed by atoms with Gasteiger partial charge in [-0.15, -0.1) is 10.2 Å². The standard InChI is InChI=1S/C16H21N3O3/c1-10(2)19(9-11(3)20)16(21)14-7-5-13(6-8-14)15-18-17-12(4)22-15/h5-8,10-11,20H,9H2,1-4H3. The van der Waals surface area contributed by atoms with E-state index in [0.717, 1.165) is 5.56 Å². The summed E-state index contributed by atoms with van der Waals surface area (Å²) in [5.41, 5.74) is 1.33. The third kappa shape index (κ3) is 3.71. The SMILES string of the molecule is Cc1nnc(-c2ccc(C(=O)N(CC(C)O)C(C)C)cc2)o1. The largest absolute Gasteiger partial charge is 0.421 e. The minimum Gasteiger partial charge on any atom is -0.421 e. The quantitative estimate of drug-likeness (QED) is 0.916. The molecule has 0 aliphatic rings. The monoisotopic (exact) mass is 303 g/mol.